The Morgan fingerprint density at radius 2 is 1.93 bits per heavy atom. The summed E-state index contributed by atoms with van der Waals surface area (Å²) in [6.07, 6.45) is 0. The van der Waals surface area contributed by atoms with Gasteiger partial charge in [0, 0.05) is 11.6 Å². The van der Waals surface area contributed by atoms with E-state index in [0.717, 1.165) is 10.6 Å². The molecule has 0 bridgehead atoms. The summed E-state index contributed by atoms with van der Waals surface area (Å²) in [7, 11) is 0. The van der Waals surface area contributed by atoms with E-state index in [9.17, 15) is 9.18 Å². The van der Waals surface area contributed by atoms with Gasteiger partial charge in [-0.15, -0.1) is 0 Å². The van der Waals surface area contributed by atoms with Crippen molar-refractivity contribution in [2.45, 2.75) is 38.7 Å². The van der Waals surface area contributed by atoms with Crippen molar-refractivity contribution in [3.8, 4) is 5.75 Å². The molecule has 3 aromatic rings. The van der Waals surface area contributed by atoms with Gasteiger partial charge in [0.1, 0.15) is 18.2 Å². The number of aliphatic imine (C=N–C) groups is 1. The second kappa shape index (κ2) is 7.91. The van der Waals surface area contributed by atoms with E-state index in [0.29, 0.717) is 22.7 Å². The summed E-state index contributed by atoms with van der Waals surface area (Å²) in [6.45, 7) is 6.14. The lowest BCUT2D eigenvalue weighted by atomic mass is 10.1. The molecule has 2 aromatic carbocycles. The van der Waals surface area contributed by atoms with Crippen molar-refractivity contribution in [3.05, 3.63) is 81.4 Å². The van der Waals surface area contributed by atoms with Crippen LogP contribution in [0.5, 0.6) is 5.75 Å². The van der Waals surface area contributed by atoms with Gasteiger partial charge in [-0.1, -0.05) is 42.1 Å². The van der Waals surface area contributed by atoms with Crippen LogP contribution in [0.4, 0.5) is 10.2 Å². The molecule has 29 heavy (non-hydrogen) atoms. The number of aromatic nitrogens is 2. The maximum Gasteiger partial charge on any atom is 0.271 e. The fourth-order valence-electron chi connectivity index (χ4n) is 3.33. The van der Waals surface area contributed by atoms with Crippen LogP contribution in [0.1, 0.15) is 48.8 Å². The van der Waals surface area contributed by atoms with Gasteiger partial charge in [0.2, 0.25) is 0 Å². The summed E-state index contributed by atoms with van der Waals surface area (Å²) < 4.78 is 21.3. The van der Waals surface area contributed by atoms with Gasteiger partial charge < -0.3 is 4.74 Å². The second-order valence-corrected chi connectivity index (χ2v) is 8.52. The smallest absolute Gasteiger partial charge is 0.271 e. The number of hydrogen-bond donors (Lipinski definition) is 1. The number of halogens is 1. The topological polar surface area (TPSA) is 59.4 Å². The van der Waals surface area contributed by atoms with Gasteiger partial charge in [-0.05, 0) is 44.5 Å². The minimum atomic E-state index is -0.279. The first kappa shape index (κ1) is 19.5. The van der Waals surface area contributed by atoms with Crippen LogP contribution in [0.3, 0.4) is 0 Å². The molecule has 0 fully saturated rings. The highest BCUT2D eigenvalue weighted by Crippen LogP contribution is 2.44. The van der Waals surface area contributed by atoms with Crippen molar-refractivity contribution in [2.75, 3.05) is 0 Å². The summed E-state index contributed by atoms with van der Waals surface area (Å²) in [5, 5.41) is 3.69. The Bertz CT molecular complexity index is 1120. The molecule has 0 radical (unpaired) electrons. The number of ether oxygens (including phenoxy) is 1. The SMILES string of the molecule is CC1=Nc2c(c(=O)[nH]n2C(C)C)[C@H](c2ccc(OCc3ccccc3F)cc2)S1. The first-order chi connectivity index (χ1) is 13.9. The molecule has 5 nitrogen and oxygen atoms in total. The third-order valence-electron chi connectivity index (χ3n) is 4.80. The van der Waals surface area contributed by atoms with E-state index in [2.05, 4.69) is 10.1 Å². The lowest BCUT2D eigenvalue weighted by Gasteiger charge is -2.21. The number of aromatic amines is 1. The zero-order chi connectivity index (χ0) is 20.5. The average Bonchev–Trinajstić information content (AvgIpc) is 3.04. The number of benzene rings is 2. The normalized spacial score (nSPS) is 15.9. The number of hydrogen-bond acceptors (Lipinski definition) is 4. The van der Waals surface area contributed by atoms with E-state index < -0.39 is 0 Å². The molecule has 0 unspecified atom stereocenters. The highest BCUT2D eigenvalue weighted by molar-refractivity contribution is 8.14. The van der Waals surface area contributed by atoms with E-state index in [1.54, 1.807) is 30.0 Å². The zero-order valence-corrected chi connectivity index (χ0v) is 17.3. The van der Waals surface area contributed by atoms with E-state index >= 15 is 0 Å². The molecule has 150 valence electrons. The Kier molecular flexibility index (Phi) is 5.32. The number of nitrogens with one attached hydrogen (secondary N) is 1. The molecule has 1 aliphatic rings. The van der Waals surface area contributed by atoms with Crippen LogP contribution in [0.15, 0.2) is 58.3 Å². The van der Waals surface area contributed by atoms with E-state index in [1.165, 1.54) is 6.07 Å². The van der Waals surface area contributed by atoms with Crippen LogP contribution < -0.4 is 10.3 Å². The third-order valence-corrected chi connectivity index (χ3v) is 5.98. The predicted octanol–water partition coefficient (Wildman–Crippen LogP) is 5.36. The van der Waals surface area contributed by atoms with Gasteiger partial charge in [0.15, 0.2) is 5.82 Å². The molecule has 0 amide bonds. The quantitative estimate of drug-likeness (QED) is 0.615. The fraction of sp³-hybridized carbons (Fsp3) is 0.273. The van der Waals surface area contributed by atoms with E-state index in [-0.39, 0.29) is 29.3 Å². The number of nitrogens with zero attached hydrogens (tertiary/aromatic N) is 2. The Morgan fingerprint density at radius 3 is 2.62 bits per heavy atom. The van der Waals surface area contributed by atoms with Crippen LogP contribution in [0.25, 0.3) is 0 Å². The summed E-state index contributed by atoms with van der Waals surface area (Å²) in [4.78, 5) is 17.2. The van der Waals surface area contributed by atoms with Crippen LogP contribution >= 0.6 is 11.8 Å². The number of thioether (sulfide) groups is 1. The van der Waals surface area contributed by atoms with Crippen LogP contribution in [0.2, 0.25) is 0 Å². The lowest BCUT2D eigenvalue weighted by molar-refractivity contribution is 0.300. The standard InChI is InChI=1S/C22H22FN3O2S/c1-13(2)26-21-19(22(27)25-26)20(29-14(3)24-21)15-8-10-17(11-9-15)28-12-16-6-4-5-7-18(16)23/h4-11,13,20H,12H2,1-3H3,(H,25,27)/t20-/m0/s1. The Hall–Kier alpha value is -2.80. The third kappa shape index (κ3) is 3.87. The summed E-state index contributed by atoms with van der Waals surface area (Å²) in [6, 6.07) is 14.3. The van der Waals surface area contributed by atoms with Gasteiger partial charge in [0.25, 0.3) is 5.56 Å². The van der Waals surface area contributed by atoms with Crippen molar-refractivity contribution in [1.29, 1.82) is 0 Å². The van der Waals surface area contributed by atoms with E-state index in [1.807, 2.05) is 49.7 Å². The van der Waals surface area contributed by atoms with Crippen molar-refractivity contribution >= 4 is 22.6 Å². The minimum absolute atomic E-state index is 0.109. The van der Waals surface area contributed by atoms with Crippen molar-refractivity contribution < 1.29 is 9.13 Å². The van der Waals surface area contributed by atoms with Crippen LogP contribution in [-0.2, 0) is 6.61 Å². The number of rotatable bonds is 5. The highest BCUT2D eigenvalue weighted by Gasteiger charge is 2.30. The average molecular weight is 412 g/mol. The van der Waals surface area contributed by atoms with Gasteiger partial charge in [-0.3, -0.25) is 14.6 Å². The summed E-state index contributed by atoms with van der Waals surface area (Å²) >= 11 is 1.57. The molecule has 1 aliphatic heterocycles. The van der Waals surface area contributed by atoms with Gasteiger partial charge in [-0.25, -0.2) is 9.38 Å². The molecular formula is C22H22FN3O2S. The first-order valence-electron chi connectivity index (χ1n) is 9.46. The maximum atomic E-state index is 13.7. The van der Waals surface area contributed by atoms with Crippen molar-refractivity contribution in [1.82, 2.24) is 9.78 Å². The van der Waals surface area contributed by atoms with Crippen molar-refractivity contribution in [2.24, 2.45) is 4.99 Å². The first-order valence-corrected chi connectivity index (χ1v) is 10.3. The highest BCUT2D eigenvalue weighted by atomic mass is 32.2. The molecule has 4 rings (SSSR count). The second-order valence-electron chi connectivity index (χ2n) is 7.22. The summed E-state index contributed by atoms with van der Waals surface area (Å²) in [5.74, 6) is 1.07. The molecule has 2 heterocycles. The largest absolute Gasteiger partial charge is 0.489 e. The molecule has 0 saturated carbocycles. The summed E-state index contributed by atoms with van der Waals surface area (Å²) in [5.41, 5.74) is 2.07. The molecule has 0 saturated heterocycles. The van der Waals surface area contributed by atoms with Gasteiger partial charge >= 0.3 is 0 Å². The number of H-pyrrole nitrogens is 1. The molecule has 7 heteroatoms. The fourth-order valence-corrected chi connectivity index (χ4v) is 4.44. The molecular weight excluding hydrogens is 389 g/mol. The maximum absolute atomic E-state index is 13.7. The monoisotopic (exact) mass is 411 g/mol. The number of fused-ring (bicyclic) bond motifs is 1. The van der Waals surface area contributed by atoms with Crippen LogP contribution in [0, 0.1) is 5.82 Å². The van der Waals surface area contributed by atoms with Crippen molar-refractivity contribution in [3.63, 3.8) is 0 Å². The van der Waals surface area contributed by atoms with Gasteiger partial charge in [-0.2, -0.15) is 0 Å². The molecule has 1 aromatic heterocycles. The minimum Gasteiger partial charge on any atom is -0.489 e. The molecule has 1 N–H and O–H groups in total. The Morgan fingerprint density at radius 1 is 1.21 bits per heavy atom. The predicted molar refractivity (Wildman–Crippen MR) is 115 cm³/mol. The van der Waals surface area contributed by atoms with Crippen LogP contribution in [-0.4, -0.2) is 14.8 Å². The molecule has 0 aliphatic carbocycles. The van der Waals surface area contributed by atoms with Gasteiger partial charge in [0.05, 0.1) is 15.9 Å². The molecule has 0 spiro atoms. The zero-order valence-electron chi connectivity index (χ0n) is 16.5. The molecule has 1 atom stereocenters. The Balaban J connectivity index is 1.58. The van der Waals surface area contributed by atoms with E-state index in [4.69, 9.17) is 4.74 Å². The lowest BCUT2D eigenvalue weighted by Crippen LogP contribution is -2.13. The Labute approximate surface area is 172 Å².